The van der Waals surface area contributed by atoms with Gasteiger partial charge in [-0.25, -0.2) is 4.79 Å². The quantitative estimate of drug-likeness (QED) is 0.597. The number of carbonyl (C=O) groups is 2. The van der Waals surface area contributed by atoms with E-state index in [-0.39, 0.29) is 5.91 Å². The average molecular weight is 431 g/mol. The minimum atomic E-state index is -1.29. The summed E-state index contributed by atoms with van der Waals surface area (Å²) >= 11 is 6.05. The van der Waals surface area contributed by atoms with Crippen LogP contribution in [0.25, 0.3) is 0 Å². The number of benzene rings is 3. The molecule has 2 aliphatic heterocycles. The van der Waals surface area contributed by atoms with Crippen LogP contribution in [-0.2, 0) is 26.4 Å². The first kappa shape index (κ1) is 19.4. The first-order valence-corrected chi connectivity index (χ1v) is 10.3. The monoisotopic (exact) mass is 430 g/mol. The number of nitrogens with zero attached hydrogens (tertiary/aromatic N) is 1. The second-order valence-corrected chi connectivity index (χ2v) is 7.99. The van der Waals surface area contributed by atoms with Crippen molar-refractivity contribution in [3.05, 3.63) is 107 Å². The fourth-order valence-electron chi connectivity index (χ4n) is 4.23. The SMILES string of the molecule is O=C1C=C[C@@H]([C@]2(Nc3ccc(Cl)cc3)C(=O)N(Cc3ccccc3)c3ccccc32)O1. The van der Waals surface area contributed by atoms with E-state index in [1.165, 1.54) is 6.08 Å². The molecule has 5 rings (SSSR count). The second kappa shape index (κ2) is 7.60. The van der Waals surface area contributed by atoms with E-state index >= 15 is 0 Å². The zero-order valence-electron chi connectivity index (χ0n) is 16.5. The third-order valence-corrected chi connectivity index (χ3v) is 5.90. The molecule has 31 heavy (non-hydrogen) atoms. The van der Waals surface area contributed by atoms with E-state index in [9.17, 15) is 9.59 Å². The van der Waals surface area contributed by atoms with Gasteiger partial charge in [-0.1, -0.05) is 60.1 Å². The molecule has 3 aromatic rings. The summed E-state index contributed by atoms with van der Waals surface area (Å²) in [6, 6.07) is 24.5. The second-order valence-electron chi connectivity index (χ2n) is 7.55. The maximum Gasteiger partial charge on any atom is 0.331 e. The van der Waals surface area contributed by atoms with Crippen molar-refractivity contribution in [3.63, 3.8) is 0 Å². The molecule has 6 heteroatoms. The van der Waals surface area contributed by atoms with Crippen LogP contribution in [-0.4, -0.2) is 18.0 Å². The van der Waals surface area contributed by atoms with Gasteiger partial charge in [-0.3, -0.25) is 4.79 Å². The molecule has 3 aromatic carbocycles. The number of anilines is 2. The molecule has 5 nitrogen and oxygen atoms in total. The summed E-state index contributed by atoms with van der Waals surface area (Å²) in [5.74, 6) is -0.647. The van der Waals surface area contributed by atoms with E-state index in [1.807, 2.05) is 54.6 Å². The molecule has 2 heterocycles. The highest BCUT2D eigenvalue weighted by molar-refractivity contribution is 6.30. The third kappa shape index (κ3) is 3.27. The van der Waals surface area contributed by atoms with Gasteiger partial charge in [0, 0.05) is 22.3 Å². The number of halogens is 1. The van der Waals surface area contributed by atoms with Gasteiger partial charge in [-0.2, -0.15) is 0 Å². The highest BCUT2D eigenvalue weighted by Crippen LogP contribution is 2.47. The lowest BCUT2D eigenvalue weighted by molar-refractivity contribution is -0.143. The molecule has 0 bridgehead atoms. The predicted molar refractivity (Wildman–Crippen MR) is 120 cm³/mol. The van der Waals surface area contributed by atoms with Crippen LogP contribution >= 0.6 is 11.6 Å². The Bertz CT molecular complexity index is 1180. The zero-order valence-corrected chi connectivity index (χ0v) is 17.3. The third-order valence-electron chi connectivity index (χ3n) is 5.65. The molecule has 0 aliphatic carbocycles. The van der Waals surface area contributed by atoms with Gasteiger partial charge < -0.3 is 15.0 Å². The maximum absolute atomic E-state index is 14.1. The number of carbonyl (C=O) groups excluding carboxylic acids is 2. The van der Waals surface area contributed by atoms with E-state index in [2.05, 4.69) is 5.32 Å². The van der Waals surface area contributed by atoms with Crippen molar-refractivity contribution in [3.8, 4) is 0 Å². The van der Waals surface area contributed by atoms with Crippen molar-refractivity contribution in [1.82, 2.24) is 0 Å². The number of fused-ring (bicyclic) bond motifs is 1. The average Bonchev–Trinajstić information content (AvgIpc) is 3.32. The van der Waals surface area contributed by atoms with Gasteiger partial charge in [-0.05, 0) is 42.0 Å². The summed E-state index contributed by atoms with van der Waals surface area (Å²) in [6.07, 6.45) is 2.22. The molecule has 1 amide bonds. The number of hydrogen-bond acceptors (Lipinski definition) is 4. The molecule has 0 saturated heterocycles. The standard InChI is InChI=1S/C25H19ClN2O3/c26-18-10-12-19(13-11-18)27-25(22-14-15-23(29)31-22)20-8-4-5-9-21(20)28(24(25)30)16-17-6-2-1-3-7-17/h1-15,22,27H,16H2/t22-,25-/m0/s1. The Morgan fingerprint density at radius 3 is 2.35 bits per heavy atom. The van der Waals surface area contributed by atoms with E-state index in [1.54, 1.807) is 35.2 Å². The molecule has 0 spiro atoms. The van der Waals surface area contributed by atoms with Crippen LogP contribution in [0, 0.1) is 0 Å². The summed E-state index contributed by atoms with van der Waals surface area (Å²) in [4.78, 5) is 27.8. The molecule has 0 aromatic heterocycles. The fraction of sp³-hybridized carbons (Fsp3) is 0.120. The zero-order chi connectivity index (χ0) is 21.4. The molecule has 2 aliphatic rings. The Labute approximate surface area is 184 Å². The number of para-hydroxylation sites is 1. The number of ether oxygens (including phenoxy) is 1. The van der Waals surface area contributed by atoms with Crippen molar-refractivity contribution in [1.29, 1.82) is 0 Å². The lowest BCUT2D eigenvalue weighted by Crippen LogP contribution is -2.53. The number of hydrogen-bond donors (Lipinski definition) is 1. The van der Waals surface area contributed by atoms with Gasteiger partial charge in [0.15, 0.2) is 11.6 Å². The lowest BCUT2D eigenvalue weighted by Gasteiger charge is -2.34. The van der Waals surface area contributed by atoms with Crippen LogP contribution in [0.1, 0.15) is 11.1 Å². The van der Waals surface area contributed by atoms with Crippen molar-refractivity contribution < 1.29 is 14.3 Å². The Morgan fingerprint density at radius 2 is 1.65 bits per heavy atom. The summed E-state index contributed by atoms with van der Waals surface area (Å²) in [6.45, 7) is 0.408. The first-order chi connectivity index (χ1) is 15.1. The summed E-state index contributed by atoms with van der Waals surface area (Å²) in [7, 11) is 0. The van der Waals surface area contributed by atoms with Crippen LogP contribution in [0.3, 0.4) is 0 Å². The van der Waals surface area contributed by atoms with Gasteiger partial charge in [-0.15, -0.1) is 0 Å². The Balaban J connectivity index is 1.64. The van der Waals surface area contributed by atoms with E-state index in [0.717, 1.165) is 16.8 Å². The summed E-state index contributed by atoms with van der Waals surface area (Å²) < 4.78 is 5.58. The summed E-state index contributed by atoms with van der Waals surface area (Å²) in [5.41, 5.74) is 1.96. The molecule has 2 atom stereocenters. The normalized spacial score (nSPS) is 21.8. The van der Waals surface area contributed by atoms with E-state index in [0.29, 0.717) is 17.3 Å². The largest absolute Gasteiger partial charge is 0.451 e. The number of nitrogens with one attached hydrogen (secondary N) is 1. The molecule has 154 valence electrons. The van der Waals surface area contributed by atoms with Gasteiger partial charge in [0.1, 0.15) is 0 Å². The molecule has 0 unspecified atom stereocenters. The van der Waals surface area contributed by atoms with Crippen molar-refractivity contribution >= 4 is 34.9 Å². The smallest absolute Gasteiger partial charge is 0.331 e. The van der Waals surface area contributed by atoms with Gasteiger partial charge in [0.05, 0.1) is 12.2 Å². The number of esters is 1. The molecule has 0 saturated carbocycles. The molecule has 0 fully saturated rings. The van der Waals surface area contributed by atoms with Crippen molar-refractivity contribution in [2.75, 3.05) is 10.2 Å². The minimum Gasteiger partial charge on any atom is -0.451 e. The topological polar surface area (TPSA) is 58.6 Å². The van der Waals surface area contributed by atoms with E-state index in [4.69, 9.17) is 16.3 Å². The maximum atomic E-state index is 14.1. The highest BCUT2D eigenvalue weighted by Gasteiger charge is 2.57. The van der Waals surface area contributed by atoms with Crippen LogP contribution < -0.4 is 10.2 Å². The van der Waals surface area contributed by atoms with Crippen LogP contribution in [0.2, 0.25) is 5.02 Å². The molecular weight excluding hydrogens is 412 g/mol. The number of amides is 1. The van der Waals surface area contributed by atoms with Gasteiger partial charge in [0.25, 0.3) is 5.91 Å². The molecule has 1 N–H and O–H groups in total. The number of cyclic esters (lactones) is 1. The van der Waals surface area contributed by atoms with Gasteiger partial charge in [0.2, 0.25) is 0 Å². The predicted octanol–water partition coefficient (Wildman–Crippen LogP) is 4.68. The van der Waals surface area contributed by atoms with Crippen LogP contribution in [0.4, 0.5) is 11.4 Å². The number of rotatable bonds is 5. The van der Waals surface area contributed by atoms with Crippen molar-refractivity contribution in [2.24, 2.45) is 0 Å². The Kier molecular flexibility index (Phi) is 4.75. The Morgan fingerprint density at radius 1 is 0.935 bits per heavy atom. The van der Waals surface area contributed by atoms with Crippen molar-refractivity contribution in [2.45, 2.75) is 18.2 Å². The lowest BCUT2D eigenvalue weighted by atomic mass is 9.85. The van der Waals surface area contributed by atoms with Crippen LogP contribution in [0.5, 0.6) is 0 Å². The highest BCUT2D eigenvalue weighted by atomic mass is 35.5. The molecular formula is C25H19ClN2O3. The van der Waals surface area contributed by atoms with Crippen LogP contribution in [0.15, 0.2) is 91.0 Å². The van der Waals surface area contributed by atoms with E-state index < -0.39 is 17.6 Å². The summed E-state index contributed by atoms with van der Waals surface area (Å²) in [5, 5.41) is 3.98. The fourth-order valence-corrected chi connectivity index (χ4v) is 4.36. The van der Waals surface area contributed by atoms with Gasteiger partial charge >= 0.3 is 5.97 Å². The first-order valence-electron chi connectivity index (χ1n) is 9.96. The minimum absolute atomic E-state index is 0.183. The Hall–Kier alpha value is -3.57. The molecule has 0 radical (unpaired) electrons.